The first-order valence-corrected chi connectivity index (χ1v) is 13.0. The highest BCUT2D eigenvalue weighted by atomic mass is 35.5. The van der Waals surface area contributed by atoms with Crippen LogP contribution in [0.1, 0.15) is 36.0 Å². The highest BCUT2D eigenvalue weighted by Gasteiger charge is 2.73. The average molecular weight is 507 g/mol. The number of hydrogen-bond donors (Lipinski definition) is 2. The largest absolute Gasteiger partial charge is 0.504 e. The lowest BCUT2D eigenvalue weighted by molar-refractivity contribution is -0.198. The fourth-order valence-electron chi connectivity index (χ4n) is 7.41. The van der Waals surface area contributed by atoms with E-state index in [9.17, 15) is 15.0 Å². The Morgan fingerprint density at radius 1 is 1.28 bits per heavy atom. The molecule has 2 N–H and O–H groups in total. The highest BCUT2D eigenvalue weighted by Crippen LogP contribution is 2.65. The van der Waals surface area contributed by atoms with E-state index in [1.54, 1.807) is 42.3 Å². The Kier molecular flexibility index (Phi) is 5.48. The van der Waals surface area contributed by atoms with E-state index in [4.69, 9.17) is 16.3 Å². The Bertz CT molecular complexity index is 1260. The molecule has 2 aromatic carbocycles. The van der Waals surface area contributed by atoms with Gasteiger partial charge in [-0.05, 0) is 67.6 Å². The number of halogens is 1. The summed E-state index contributed by atoms with van der Waals surface area (Å²) in [6.45, 7) is 5.44. The van der Waals surface area contributed by atoms with Crippen molar-refractivity contribution in [1.82, 2.24) is 9.80 Å². The van der Waals surface area contributed by atoms with Gasteiger partial charge >= 0.3 is 0 Å². The molecule has 7 heteroatoms. The molecule has 6 nitrogen and oxygen atoms in total. The molecule has 2 aliphatic heterocycles. The molecule has 2 unspecified atom stereocenters. The van der Waals surface area contributed by atoms with Crippen molar-refractivity contribution < 1.29 is 19.7 Å². The van der Waals surface area contributed by atoms with Gasteiger partial charge in [0.15, 0.2) is 11.5 Å². The van der Waals surface area contributed by atoms with Gasteiger partial charge in [0, 0.05) is 36.3 Å². The van der Waals surface area contributed by atoms with Gasteiger partial charge in [-0.1, -0.05) is 35.9 Å². The molecule has 2 aliphatic carbocycles. The van der Waals surface area contributed by atoms with Crippen LogP contribution in [0.5, 0.6) is 11.5 Å². The number of amides is 1. The van der Waals surface area contributed by atoms with Crippen molar-refractivity contribution in [2.24, 2.45) is 0 Å². The molecule has 0 radical (unpaired) electrons. The quantitative estimate of drug-likeness (QED) is 0.475. The number of ether oxygens (including phenoxy) is 1. The summed E-state index contributed by atoms with van der Waals surface area (Å²) in [6, 6.07) is 10.7. The Hall–Kier alpha value is -2.80. The number of carbonyl (C=O) groups excluding carboxylic acids is 1. The molecule has 1 amide bonds. The number of nitrogens with zero attached hydrogens (tertiary/aromatic N) is 2. The van der Waals surface area contributed by atoms with Crippen molar-refractivity contribution in [3.05, 3.63) is 76.8 Å². The third-order valence-electron chi connectivity index (χ3n) is 9.04. The Labute approximate surface area is 216 Å². The maximum absolute atomic E-state index is 13.3. The van der Waals surface area contributed by atoms with Crippen LogP contribution in [-0.4, -0.2) is 69.8 Å². The van der Waals surface area contributed by atoms with Gasteiger partial charge in [-0.15, -0.1) is 6.58 Å². The zero-order valence-corrected chi connectivity index (χ0v) is 21.1. The SMILES string of the molecule is C=CCN1CC[C@]23c4c5ccc(O)c4OC2C(N(C)C(=O)/C=C/c2ccc(Cl)cc2)CC[C@@]3(O)[C@H]1C5. The van der Waals surface area contributed by atoms with E-state index in [1.165, 1.54) is 0 Å². The summed E-state index contributed by atoms with van der Waals surface area (Å²) in [5, 5.41) is 23.9. The predicted molar refractivity (Wildman–Crippen MR) is 139 cm³/mol. The van der Waals surface area contributed by atoms with Crippen LogP contribution in [0.4, 0.5) is 0 Å². The molecule has 0 aromatic heterocycles. The van der Waals surface area contributed by atoms with E-state index < -0.39 is 17.1 Å². The number of benzene rings is 2. The summed E-state index contributed by atoms with van der Waals surface area (Å²) in [6.07, 6.45) is 7.38. The number of aromatic hydroxyl groups is 1. The standard InChI is InChI=1S/C29H31ClN2O4/c1-3-15-32-16-14-28-25-19-7-10-22(33)26(25)36-27(28)21(12-13-29(28,35)23(32)17-19)31(2)24(34)11-6-18-4-8-20(30)9-5-18/h3-11,21,23,27,33,35H,1,12-17H2,2H3/b11-6+/t21?,23-,27?,28+,29-/m1/s1. The molecule has 2 bridgehead atoms. The number of hydrogen-bond acceptors (Lipinski definition) is 5. The first kappa shape index (κ1) is 23.6. The van der Waals surface area contributed by atoms with Gasteiger partial charge in [-0.25, -0.2) is 0 Å². The third-order valence-corrected chi connectivity index (χ3v) is 9.29. The summed E-state index contributed by atoms with van der Waals surface area (Å²) < 4.78 is 6.55. The van der Waals surface area contributed by atoms with E-state index in [2.05, 4.69) is 11.5 Å². The zero-order valence-electron chi connectivity index (χ0n) is 20.4. The van der Waals surface area contributed by atoms with E-state index >= 15 is 0 Å². The number of carbonyl (C=O) groups is 1. The molecular weight excluding hydrogens is 476 g/mol. The Morgan fingerprint density at radius 3 is 2.81 bits per heavy atom. The number of rotatable bonds is 5. The predicted octanol–water partition coefficient (Wildman–Crippen LogP) is 3.93. The lowest BCUT2D eigenvalue weighted by Gasteiger charge is -2.64. The highest BCUT2D eigenvalue weighted by molar-refractivity contribution is 6.30. The van der Waals surface area contributed by atoms with Gasteiger partial charge in [0.2, 0.25) is 5.91 Å². The smallest absolute Gasteiger partial charge is 0.246 e. The van der Waals surface area contributed by atoms with Gasteiger partial charge in [-0.2, -0.15) is 0 Å². The third kappa shape index (κ3) is 3.14. The first-order chi connectivity index (χ1) is 17.3. The lowest BCUT2D eigenvalue weighted by Crippen LogP contribution is -2.78. The van der Waals surface area contributed by atoms with Gasteiger partial charge < -0.3 is 19.8 Å². The number of phenols is 1. The minimum Gasteiger partial charge on any atom is -0.504 e. The second kappa shape index (κ2) is 8.37. The van der Waals surface area contributed by atoms with Crippen LogP contribution in [0.2, 0.25) is 5.02 Å². The average Bonchev–Trinajstić information content (AvgIpc) is 3.22. The summed E-state index contributed by atoms with van der Waals surface area (Å²) >= 11 is 5.98. The monoisotopic (exact) mass is 506 g/mol. The molecule has 4 aliphatic rings. The van der Waals surface area contributed by atoms with Crippen LogP contribution in [0.15, 0.2) is 55.1 Å². The molecule has 2 heterocycles. The van der Waals surface area contributed by atoms with E-state index in [-0.39, 0.29) is 23.7 Å². The van der Waals surface area contributed by atoms with Crippen molar-refractivity contribution in [2.75, 3.05) is 20.1 Å². The van der Waals surface area contributed by atoms with Gasteiger partial charge in [0.25, 0.3) is 0 Å². The van der Waals surface area contributed by atoms with E-state index in [0.717, 1.165) is 23.2 Å². The number of likely N-dealkylation sites (tertiary alicyclic amines) is 1. The molecule has 2 fully saturated rings. The van der Waals surface area contributed by atoms with Crippen molar-refractivity contribution in [2.45, 2.75) is 54.9 Å². The Morgan fingerprint density at radius 2 is 2.06 bits per heavy atom. The minimum absolute atomic E-state index is 0.0647. The van der Waals surface area contributed by atoms with Crippen molar-refractivity contribution >= 4 is 23.6 Å². The van der Waals surface area contributed by atoms with Crippen molar-refractivity contribution in [3.63, 3.8) is 0 Å². The maximum atomic E-state index is 13.3. The molecule has 1 saturated carbocycles. The summed E-state index contributed by atoms with van der Waals surface area (Å²) in [5.41, 5.74) is 1.28. The van der Waals surface area contributed by atoms with Crippen LogP contribution in [-0.2, 0) is 16.6 Å². The van der Waals surface area contributed by atoms with E-state index in [0.29, 0.717) is 43.0 Å². The summed E-state index contributed by atoms with van der Waals surface area (Å²) in [4.78, 5) is 17.4. The topological polar surface area (TPSA) is 73.2 Å². The fraction of sp³-hybridized carbons (Fsp3) is 0.414. The lowest BCUT2D eigenvalue weighted by atomic mass is 9.48. The zero-order chi connectivity index (χ0) is 25.2. The molecule has 6 rings (SSSR count). The molecule has 1 spiro atoms. The first-order valence-electron chi connectivity index (χ1n) is 12.6. The second-order valence-electron chi connectivity index (χ2n) is 10.6. The van der Waals surface area contributed by atoms with Crippen LogP contribution in [0, 0.1) is 0 Å². The van der Waals surface area contributed by atoms with Crippen LogP contribution < -0.4 is 4.74 Å². The molecule has 1 saturated heterocycles. The van der Waals surface area contributed by atoms with Crippen LogP contribution in [0.25, 0.3) is 6.08 Å². The number of piperidine rings is 1. The fourth-order valence-corrected chi connectivity index (χ4v) is 7.53. The van der Waals surface area contributed by atoms with Crippen LogP contribution in [0.3, 0.4) is 0 Å². The van der Waals surface area contributed by atoms with Gasteiger partial charge in [-0.3, -0.25) is 9.69 Å². The number of aliphatic hydroxyl groups is 1. The molecule has 5 atom stereocenters. The van der Waals surface area contributed by atoms with Crippen molar-refractivity contribution in [1.29, 1.82) is 0 Å². The van der Waals surface area contributed by atoms with Crippen LogP contribution >= 0.6 is 11.6 Å². The van der Waals surface area contributed by atoms with Crippen molar-refractivity contribution in [3.8, 4) is 11.5 Å². The van der Waals surface area contributed by atoms with E-state index in [1.807, 2.05) is 24.3 Å². The normalized spacial score (nSPS) is 32.1. The number of likely N-dealkylation sites (N-methyl/N-ethyl adjacent to an activating group) is 1. The maximum Gasteiger partial charge on any atom is 0.246 e. The second-order valence-corrected chi connectivity index (χ2v) is 11.0. The number of phenolic OH excluding ortho intramolecular Hbond substituents is 1. The molecular formula is C29H31ClN2O4. The summed E-state index contributed by atoms with van der Waals surface area (Å²) in [7, 11) is 1.81. The summed E-state index contributed by atoms with van der Waals surface area (Å²) in [5.74, 6) is 0.454. The molecule has 36 heavy (non-hydrogen) atoms. The van der Waals surface area contributed by atoms with Gasteiger partial charge in [0.1, 0.15) is 6.10 Å². The molecule has 188 valence electrons. The minimum atomic E-state index is -1.01. The Balaban J connectivity index is 1.37. The molecule has 2 aromatic rings. The van der Waals surface area contributed by atoms with Gasteiger partial charge in [0.05, 0.1) is 17.1 Å².